The van der Waals surface area contributed by atoms with E-state index in [1.807, 2.05) is 6.92 Å². The summed E-state index contributed by atoms with van der Waals surface area (Å²) < 4.78 is 29.1. The van der Waals surface area contributed by atoms with Gasteiger partial charge in [-0.15, -0.1) is 0 Å². The molecule has 13 nitrogen and oxygen atoms in total. The average Bonchev–Trinajstić information content (AvgIpc) is 2.94. The van der Waals surface area contributed by atoms with Gasteiger partial charge in [0, 0.05) is 17.7 Å². The standard InChI is InChI=1S/C28H36O13/c1-11-7-17(13-3-5-14(30)6-4-13)39-18-9-15(8-16(31)20(11)18)38-28-26(24(35)22(33)19(10-29)40-28)41-27-25(36)23(34)21(32)12(2)37-27/h3-6,8-9,11-12,17,19,21-36H,7,10H2,1-2H3. The first-order chi connectivity index (χ1) is 19.5. The van der Waals surface area contributed by atoms with Crippen LogP contribution < -0.4 is 9.47 Å². The number of hydrogen-bond donors (Lipinski definition) is 8. The molecule has 226 valence electrons. The predicted molar refractivity (Wildman–Crippen MR) is 138 cm³/mol. The monoisotopic (exact) mass is 580 g/mol. The van der Waals surface area contributed by atoms with Crippen LogP contribution in [0.5, 0.6) is 23.0 Å². The van der Waals surface area contributed by atoms with Gasteiger partial charge >= 0.3 is 0 Å². The third-order valence-corrected chi connectivity index (χ3v) is 7.86. The van der Waals surface area contributed by atoms with Gasteiger partial charge in [-0.2, -0.15) is 0 Å². The molecule has 2 saturated heterocycles. The molecule has 2 aromatic rings. The van der Waals surface area contributed by atoms with Crippen LogP contribution in [0.2, 0.25) is 0 Å². The lowest BCUT2D eigenvalue weighted by Crippen LogP contribution is -2.64. The molecule has 0 aromatic heterocycles. The van der Waals surface area contributed by atoms with E-state index in [2.05, 4.69) is 0 Å². The molecule has 12 atom stereocenters. The Labute approximate surface area is 235 Å². The van der Waals surface area contributed by atoms with Crippen molar-refractivity contribution in [3.05, 3.63) is 47.5 Å². The molecule has 3 aliphatic rings. The van der Waals surface area contributed by atoms with Gasteiger partial charge in [0.2, 0.25) is 6.29 Å². The lowest BCUT2D eigenvalue weighted by Gasteiger charge is -2.45. The summed E-state index contributed by atoms with van der Waals surface area (Å²) in [5.74, 6) is 0.293. The summed E-state index contributed by atoms with van der Waals surface area (Å²) in [6, 6.07) is 9.46. The van der Waals surface area contributed by atoms with Gasteiger partial charge in [-0.1, -0.05) is 19.1 Å². The van der Waals surface area contributed by atoms with Crippen LogP contribution in [0.1, 0.15) is 43.4 Å². The maximum atomic E-state index is 10.9. The summed E-state index contributed by atoms with van der Waals surface area (Å²) in [7, 11) is 0. The Morgan fingerprint density at radius 3 is 2.22 bits per heavy atom. The topological polar surface area (TPSA) is 208 Å². The van der Waals surface area contributed by atoms with Crippen molar-refractivity contribution >= 4 is 0 Å². The number of phenols is 2. The van der Waals surface area contributed by atoms with Crippen LogP contribution in [-0.2, 0) is 14.2 Å². The normalized spacial score (nSPS) is 39.0. The predicted octanol–water partition coefficient (Wildman–Crippen LogP) is -0.244. The van der Waals surface area contributed by atoms with Gasteiger partial charge in [0.25, 0.3) is 0 Å². The zero-order valence-electron chi connectivity index (χ0n) is 22.4. The van der Waals surface area contributed by atoms with Crippen molar-refractivity contribution in [1.29, 1.82) is 0 Å². The van der Waals surface area contributed by atoms with Crippen LogP contribution in [0.3, 0.4) is 0 Å². The van der Waals surface area contributed by atoms with Crippen LogP contribution in [0.4, 0.5) is 0 Å². The molecule has 0 bridgehead atoms. The number of phenolic OH excluding ortho intramolecular Hbond substituents is 2. The Morgan fingerprint density at radius 2 is 1.54 bits per heavy atom. The van der Waals surface area contributed by atoms with E-state index in [1.54, 1.807) is 24.3 Å². The van der Waals surface area contributed by atoms with Crippen LogP contribution in [0.25, 0.3) is 0 Å². The van der Waals surface area contributed by atoms with E-state index in [-0.39, 0.29) is 29.3 Å². The second-order valence-electron chi connectivity index (χ2n) is 10.8. The minimum absolute atomic E-state index is 0.0487. The third kappa shape index (κ3) is 5.82. The van der Waals surface area contributed by atoms with E-state index in [9.17, 15) is 40.9 Å². The molecule has 0 radical (unpaired) electrons. The Morgan fingerprint density at radius 1 is 0.829 bits per heavy atom. The molecule has 12 unspecified atom stereocenters. The van der Waals surface area contributed by atoms with Crippen molar-refractivity contribution in [3.8, 4) is 23.0 Å². The molecule has 2 fully saturated rings. The number of fused-ring (bicyclic) bond motifs is 1. The summed E-state index contributed by atoms with van der Waals surface area (Å²) in [5, 5.41) is 82.1. The fourth-order valence-corrected chi connectivity index (χ4v) is 5.49. The van der Waals surface area contributed by atoms with Crippen LogP contribution in [-0.4, -0.2) is 109 Å². The van der Waals surface area contributed by atoms with Gasteiger partial charge in [-0.25, -0.2) is 0 Å². The second-order valence-corrected chi connectivity index (χ2v) is 10.8. The number of aliphatic hydroxyl groups excluding tert-OH is 6. The Balaban J connectivity index is 1.41. The summed E-state index contributed by atoms with van der Waals surface area (Å²) in [6.45, 7) is 2.73. The van der Waals surface area contributed by atoms with Gasteiger partial charge in [0.1, 0.15) is 65.7 Å². The number of hydrogen-bond acceptors (Lipinski definition) is 13. The highest BCUT2D eigenvalue weighted by atomic mass is 16.8. The summed E-state index contributed by atoms with van der Waals surface area (Å²) in [5.41, 5.74) is 1.39. The highest BCUT2D eigenvalue weighted by molar-refractivity contribution is 5.53. The first-order valence-corrected chi connectivity index (χ1v) is 13.4. The summed E-state index contributed by atoms with van der Waals surface area (Å²) in [4.78, 5) is 0. The number of rotatable bonds is 6. The molecule has 0 saturated carbocycles. The Kier molecular flexibility index (Phi) is 8.62. The Bertz CT molecular complexity index is 1190. The van der Waals surface area contributed by atoms with Gasteiger partial charge in [0.05, 0.1) is 12.7 Å². The average molecular weight is 581 g/mol. The van der Waals surface area contributed by atoms with Gasteiger partial charge in [0.15, 0.2) is 12.4 Å². The fourth-order valence-electron chi connectivity index (χ4n) is 5.49. The van der Waals surface area contributed by atoms with Crippen molar-refractivity contribution in [1.82, 2.24) is 0 Å². The van der Waals surface area contributed by atoms with Gasteiger partial charge < -0.3 is 64.5 Å². The lowest BCUT2D eigenvalue weighted by molar-refractivity contribution is -0.354. The zero-order chi connectivity index (χ0) is 29.6. The van der Waals surface area contributed by atoms with E-state index in [1.165, 1.54) is 19.1 Å². The van der Waals surface area contributed by atoms with Crippen LogP contribution in [0, 0.1) is 0 Å². The molecule has 41 heavy (non-hydrogen) atoms. The molecule has 3 heterocycles. The highest BCUT2D eigenvalue weighted by Gasteiger charge is 2.51. The number of ether oxygens (including phenoxy) is 5. The largest absolute Gasteiger partial charge is 0.508 e. The molecule has 3 aliphatic heterocycles. The molecule has 0 aliphatic carbocycles. The van der Waals surface area contributed by atoms with Crippen molar-refractivity contribution in [2.24, 2.45) is 0 Å². The number of benzene rings is 2. The summed E-state index contributed by atoms with van der Waals surface area (Å²) in [6.07, 6.45) is -14.6. The SMILES string of the molecule is CC1CC(c2ccc(O)cc2)Oc2cc(OC3OC(CO)C(O)C(O)C3OC3OC(C)C(O)C(O)C3O)cc(O)c21. The number of aromatic hydroxyl groups is 2. The maximum absolute atomic E-state index is 10.9. The molecule has 8 N–H and O–H groups in total. The molecule has 0 amide bonds. The minimum Gasteiger partial charge on any atom is -0.508 e. The van der Waals surface area contributed by atoms with Crippen molar-refractivity contribution in [2.45, 2.75) is 93.7 Å². The molecule has 5 rings (SSSR count). The Hall–Kier alpha value is -2.72. The van der Waals surface area contributed by atoms with Crippen LogP contribution >= 0.6 is 0 Å². The number of aliphatic hydroxyl groups is 6. The molecular formula is C28H36O13. The van der Waals surface area contributed by atoms with E-state index in [4.69, 9.17) is 23.7 Å². The van der Waals surface area contributed by atoms with Gasteiger partial charge in [-0.3, -0.25) is 0 Å². The lowest BCUT2D eigenvalue weighted by atomic mass is 9.88. The molecule has 0 spiro atoms. The summed E-state index contributed by atoms with van der Waals surface area (Å²) >= 11 is 0. The van der Waals surface area contributed by atoms with Crippen molar-refractivity contribution in [2.75, 3.05) is 6.61 Å². The van der Waals surface area contributed by atoms with Crippen molar-refractivity contribution in [3.63, 3.8) is 0 Å². The van der Waals surface area contributed by atoms with Crippen LogP contribution in [0.15, 0.2) is 36.4 Å². The third-order valence-electron chi connectivity index (χ3n) is 7.86. The van der Waals surface area contributed by atoms with E-state index in [0.717, 1.165) is 5.56 Å². The zero-order valence-corrected chi connectivity index (χ0v) is 22.4. The molecule has 2 aromatic carbocycles. The van der Waals surface area contributed by atoms with E-state index >= 15 is 0 Å². The van der Waals surface area contributed by atoms with E-state index in [0.29, 0.717) is 17.7 Å². The first kappa shape index (κ1) is 29.8. The highest BCUT2D eigenvalue weighted by Crippen LogP contribution is 2.48. The van der Waals surface area contributed by atoms with Crippen molar-refractivity contribution < 1.29 is 64.5 Å². The maximum Gasteiger partial charge on any atom is 0.229 e. The van der Waals surface area contributed by atoms with Gasteiger partial charge in [-0.05, 0) is 37.0 Å². The smallest absolute Gasteiger partial charge is 0.229 e. The minimum atomic E-state index is -1.71. The molecular weight excluding hydrogens is 544 g/mol. The molecule has 13 heteroatoms. The fraction of sp³-hybridized carbons (Fsp3) is 0.571. The second kappa shape index (κ2) is 11.9. The quantitative estimate of drug-likeness (QED) is 0.222. The van der Waals surface area contributed by atoms with E-state index < -0.39 is 68.0 Å². The first-order valence-electron chi connectivity index (χ1n) is 13.4.